The van der Waals surface area contributed by atoms with Crippen LogP contribution >= 0.6 is 8.46 Å². The molecule has 0 aliphatic heterocycles. The van der Waals surface area contributed by atoms with Crippen molar-refractivity contribution in [3.63, 3.8) is 0 Å². The van der Waals surface area contributed by atoms with Gasteiger partial charge in [-0.1, -0.05) is 12.1 Å². The van der Waals surface area contributed by atoms with E-state index in [1.807, 2.05) is 32.0 Å². The van der Waals surface area contributed by atoms with E-state index in [4.69, 9.17) is 0 Å². The minimum Gasteiger partial charge on any atom is -0.269 e. The summed E-state index contributed by atoms with van der Waals surface area (Å²) < 4.78 is 10.7. The molecule has 12 heavy (non-hydrogen) atoms. The maximum Gasteiger partial charge on any atom is 0.194 e. The zero-order chi connectivity index (χ0) is 8.97. The van der Waals surface area contributed by atoms with Crippen LogP contribution in [0, 0.1) is 6.92 Å². The van der Waals surface area contributed by atoms with Crippen LogP contribution in [0.15, 0.2) is 23.2 Å². The monoisotopic (exact) mass is 179 g/mol. The Kier molecular flexibility index (Phi) is 3.12. The second-order valence-corrected chi connectivity index (χ2v) is 3.09. The third-order valence-corrected chi connectivity index (χ3v) is 2.13. The molecule has 2 nitrogen and oxygen atoms in total. The summed E-state index contributed by atoms with van der Waals surface area (Å²) in [7, 11) is 0.0286. The largest absolute Gasteiger partial charge is 0.269 e. The van der Waals surface area contributed by atoms with Crippen LogP contribution in [0.2, 0.25) is 0 Å². The van der Waals surface area contributed by atoms with Gasteiger partial charge in [-0.15, -0.1) is 0 Å². The summed E-state index contributed by atoms with van der Waals surface area (Å²) in [4.78, 5) is 4.15. The lowest BCUT2D eigenvalue weighted by atomic mass is 10.2. The molecule has 62 valence electrons. The molecule has 0 aliphatic carbocycles. The van der Waals surface area contributed by atoms with Crippen molar-refractivity contribution < 1.29 is 4.57 Å². The number of nitrogens with zero attached hydrogens (tertiary/aromatic N) is 1. The SMILES string of the molecule is CC=Nc1c(C)cccc1P=O. The first-order valence-corrected chi connectivity index (χ1v) is 4.52. The summed E-state index contributed by atoms with van der Waals surface area (Å²) in [5.41, 5.74) is 1.87. The Morgan fingerprint density at radius 2 is 2.25 bits per heavy atom. The van der Waals surface area contributed by atoms with Crippen molar-refractivity contribution in [1.29, 1.82) is 0 Å². The molecule has 1 aromatic carbocycles. The van der Waals surface area contributed by atoms with E-state index >= 15 is 0 Å². The minimum absolute atomic E-state index is 0.0286. The van der Waals surface area contributed by atoms with Gasteiger partial charge in [-0.2, -0.15) is 0 Å². The van der Waals surface area contributed by atoms with Crippen LogP contribution in [-0.2, 0) is 4.57 Å². The van der Waals surface area contributed by atoms with Crippen molar-refractivity contribution in [2.75, 3.05) is 0 Å². The Labute approximate surface area is 73.5 Å². The predicted octanol–water partition coefficient (Wildman–Crippen LogP) is 2.63. The first-order chi connectivity index (χ1) is 5.79. The average Bonchev–Trinajstić information content (AvgIpc) is 2.09. The molecule has 0 saturated heterocycles. The Balaban J connectivity index is 3.28. The van der Waals surface area contributed by atoms with E-state index in [1.165, 1.54) is 0 Å². The first kappa shape index (κ1) is 9.08. The lowest BCUT2D eigenvalue weighted by molar-refractivity contribution is 0.603. The number of rotatable bonds is 2. The number of aliphatic imine (C=N–C) groups is 1. The number of hydrogen-bond acceptors (Lipinski definition) is 2. The number of aryl methyl sites for hydroxylation is 1. The van der Waals surface area contributed by atoms with Crippen LogP contribution in [0.4, 0.5) is 5.69 Å². The van der Waals surface area contributed by atoms with Crippen LogP contribution < -0.4 is 5.30 Å². The highest BCUT2D eigenvalue weighted by Gasteiger charge is 2.01. The van der Waals surface area contributed by atoms with Gasteiger partial charge in [0.15, 0.2) is 8.46 Å². The third-order valence-electron chi connectivity index (χ3n) is 1.57. The Morgan fingerprint density at radius 1 is 1.50 bits per heavy atom. The quantitative estimate of drug-likeness (QED) is 0.506. The first-order valence-electron chi connectivity index (χ1n) is 3.71. The lowest BCUT2D eigenvalue weighted by Crippen LogP contribution is -1.93. The minimum atomic E-state index is 0.0286. The molecule has 0 saturated carbocycles. The Hall–Kier alpha value is -1.01. The summed E-state index contributed by atoms with van der Waals surface area (Å²) in [6.45, 7) is 3.80. The molecule has 0 aromatic heterocycles. The van der Waals surface area contributed by atoms with Crippen molar-refractivity contribution in [3.8, 4) is 0 Å². The van der Waals surface area contributed by atoms with Crippen LogP contribution in [0.25, 0.3) is 0 Å². The fourth-order valence-electron chi connectivity index (χ4n) is 1.01. The van der Waals surface area contributed by atoms with Gasteiger partial charge in [-0.25, -0.2) is 0 Å². The van der Waals surface area contributed by atoms with Gasteiger partial charge >= 0.3 is 0 Å². The molecule has 0 bridgehead atoms. The summed E-state index contributed by atoms with van der Waals surface area (Å²) in [6, 6.07) is 5.64. The molecule has 0 amide bonds. The van der Waals surface area contributed by atoms with E-state index in [-0.39, 0.29) is 8.46 Å². The number of hydrogen-bond donors (Lipinski definition) is 0. The van der Waals surface area contributed by atoms with Gasteiger partial charge in [0.2, 0.25) is 0 Å². The molecule has 0 atom stereocenters. The molecule has 0 radical (unpaired) electrons. The highest BCUT2D eigenvalue weighted by Crippen LogP contribution is 2.18. The molecule has 3 heteroatoms. The van der Waals surface area contributed by atoms with Gasteiger partial charge in [0.25, 0.3) is 0 Å². The molecule has 0 heterocycles. The molecular weight excluding hydrogens is 169 g/mol. The van der Waals surface area contributed by atoms with Gasteiger partial charge < -0.3 is 0 Å². The lowest BCUT2D eigenvalue weighted by Gasteiger charge is -2.00. The molecule has 0 spiro atoms. The summed E-state index contributed by atoms with van der Waals surface area (Å²) >= 11 is 0. The third kappa shape index (κ3) is 1.77. The average molecular weight is 179 g/mol. The van der Waals surface area contributed by atoms with Gasteiger partial charge in [0.05, 0.1) is 11.0 Å². The fraction of sp³-hybridized carbons (Fsp3) is 0.222. The van der Waals surface area contributed by atoms with Crippen LogP contribution in [0.1, 0.15) is 12.5 Å². The Morgan fingerprint density at radius 3 is 2.83 bits per heavy atom. The highest BCUT2D eigenvalue weighted by atomic mass is 31.1. The van der Waals surface area contributed by atoms with E-state index in [0.29, 0.717) is 0 Å². The molecule has 0 fully saturated rings. The van der Waals surface area contributed by atoms with E-state index in [0.717, 1.165) is 16.6 Å². The van der Waals surface area contributed by atoms with Gasteiger partial charge in [0, 0.05) is 6.21 Å². The molecule has 0 N–H and O–H groups in total. The zero-order valence-electron chi connectivity index (χ0n) is 7.11. The van der Waals surface area contributed by atoms with Gasteiger partial charge in [-0.3, -0.25) is 9.56 Å². The summed E-state index contributed by atoms with van der Waals surface area (Å²) in [5, 5.41) is 0.744. The van der Waals surface area contributed by atoms with E-state index in [2.05, 4.69) is 4.99 Å². The second-order valence-electron chi connectivity index (χ2n) is 2.42. The standard InChI is InChI=1S/C9H10NOP/c1-3-10-9-7(2)5-4-6-8(9)12-11/h3-6H,1-2H3. The van der Waals surface area contributed by atoms with Crippen molar-refractivity contribution in [2.24, 2.45) is 4.99 Å². The van der Waals surface area contributed by atoms with Crippen LogP contribution in [0.5, 0.6) is 0 Å². The second kappa shape index (κ2) is 4.13. The normalized spacial score (nSPS) is 11.2. The van der Waals surface area contributed by atoms with E-state index in [1.54, 1.807) is 6.21 Å². The topological polar surface area (TPSA) is 29.4 Å². The maximum absolute atomic E-state index is 10.7. The molecule has 0 unspecified atom stereocenters. The van der Waals surface area contributed by atoms with Gasteiger partial charge in [0.1, 0.15) is 0 Å². The zero-order valence-corrected chi connectivity index (χ0v) is 8.01. The van der Waals surface area contributed by atoms with Crippen molar-refractivity contribution >= 4 is 25.7 Å². The van der Waals surface area contributed by atoms with Gasteiger partial charge in [-0.05, 0) is 25.5 Å². The predicted molar refractivity (Wildman–Crippen MR) is 52.2 cm³/mol. The van der Waals surface area contributed by atoms with Crippen molar-refractivity contribution in [3.05, 3.63) is 23.8 Å². The van der Waals surface area contributed by atoms with Crippen molar-refractivity contribution in [2.45, 2.75) is 13.8 Å². The molecule has 1 aromatic rings. The summed E-state index contributed by atoms with van der Waals surface area (Å²) in [5.74, 6) is 0. The molecule has 1 rings (SSSR count). The maximum atomic E-state index is 10.7. The van der Waals surface area contributed by atoms with Crippen LogP contribution in [-0.4, -0.2) is 6.21 Å². The number of benzene rings is 1. The molecular formula is C9H10NOP. The van der Waals surface area contributed by atoms with E-state index in [9.17, 15) is 4.57 Å². The van der Waals surface area contributed by atoms with Crippen LogP contribution in [0.3, 0.4) is 0 Å². The van der Waals surface area contributed by atoms with Crippen molar-refractivity contribution in [1.82, 2.24) is 0 Å². The van der Waals surface area contributed by atoms with E-state index < -0.39 is 0 Å². The summed E-state index contributed by atoms with van der Waals surface area (Å²) in [6.07, 6.45) is 1.71. The Bertz CT molecular complexity index is 320. The number of para-hydroxylation sites is 1. The smallest absolute Gasteiger partial charge is 0.194 e. The highest BCUT2D eigenvalue weighted by molar-refractivity contribution is 7.34. The molecule has 0 aliphatic rings. The fourth-order valence-corrected chi connectivity index (χ4v) is 1.48.